The first-order chi connectivity index (χ1) is 17.2. The van der Waals surface area contributed by atoms with E-state index in [4.69, 9.17) is 9.47 Å². The lowest BCUT2D eigenvalue weighted by atomic mass is 10.0. The fraction of sp³-hybridized carbons (Fsp3) is 0.259. The lowest BCUT2D eigenvalue weighted by molar-refractivity contribution is -0.0122. The lowest BCUT2D eigenvalue weighted by Gasteiger charge is -2.21. The molecule has 0 N–H and O–H groups in total. The smallest absolute Gasteiger partial charge is 0.350 e. The maximum atomic E-state index is 12.9. The summed E-state index contributed by atoms with van der Waals surface area (Å²) < 4.78 is 15.5. The molecule has 3 atom stereocenters. The molecule has 2 heterocycles. The maximum Gasteiger partial charge on any atom is 0.350 e. The van der Waals surface area contributed by atoms with Gasteiger partial charge >= 0.3 is 5.69 Å². The minimum Gasteiger partial charge on any atom is -0.376 e. The summed E-state index contributed by atoms with van der Waals surface area (Å²) in [6.07, 6.45) is 5.14. The Morgan fingerprint density at radius 2 is 1.69 bits per heavy atom. The monoisotopic (exact) mass is 469 g/mol. The Labute approximate surface area is 203 Å². The molecule has 35 heavy (non-hydrogen) atoms. The second-order valence-corrected chi connectivity index (χ2v) is 8.58. The Hall–Kier alpha value is -3.88. The van der Waals surface area contributed by atoms with Crippen LogP contribution in [0.4, 0.5) is 0 Å². The molecule has 8 heteroatoms. The third-order valence-electron chi connectivity index (χ3n) is 6.33. The molecule has 2 aromatic heterocycles. The highest BCUT2D eigenvalue weighted by Crippen LogP contribution is 2.40. The van der Waals surface area contributed by atoms with E-state index in [1.165, 1.54) is 17.3 Å². The van der Waals surface area contributed by atoms with Gasteiger partial charge in [0.25, 0.3) is 0 Å². The Morgan fingerprint density at radius 1 is 0.971 bits per heavy atom. The standard InChI is InChI=1S/C27H27N5O3/c1-20-23(17-34-15-21-8-4-2-5-9-21)25(35-16-22-10-6-3-7-11-22)14-24(20)31-13-12-26(30-27(31)33)32-19-28-18-29-32/h2-13,18-19,23-25H,1,14-17H2/t23-,24-,25-/m0/s1. The quantitative estimate of drug-likeness (QED) is 0.347. The highest BCUT2D eigenvalue weighted by atomic mass is 16.5. The SMILES string of the molecule is C=C1[C@H](COCc2ccccc2)[C@@H](OCc2ccccc2)C[C@@H]1n1ccc(-n2cncn2)nc1=O. The van der Waals surface area contributed by atoms with Crippen LogP contribution in [0.1, 0.15) is 23.6 Å². The van der Waals surface area contributed by atoms with E-state index in [0.29, 0.717) is 32.1 Å². The molecule has 2 aromatic carbocycles. The number of hydrogen-bond donors (Lipinski definition) is 0. The predicted molar refractivity (Wildman–Crippen MR) is 131 cm³/mol. The first kappa shape index (κ1) is 22.9. The van der Waals surface area contributed by atoms with Gasteiger partial charge in [0.05, 0.1) is 32.0 Å². The molecule has 1 aliphatic carbocycles. The van der Waals surface area contributed by atoms with Crippen molar-refractivity contribution in [1.29, 1.82) is 0 Å². The van der Waals surface area contributed by atoms with E-state index in [1.807, 2.05) is 60.7 Å². The van der Waals surface area contributed by atoms with Gasteiger partial charge in [-0.2, -0.15) is 10.1 Å². The summed E-state index contributed by atoms with van der Waals surface area (Å²) in [5, 5.41) is 4.05. The van der Waals surface area contributed by atoms with Crippen molar-refractivity contribution >= 4 is 0 Å². The molecule has 0 unspecified atom stereocenters. The van der Waals surface area contributed by atoms with Crippen LogP contribution in [0, 0.1) is 5.92 Å². The fourth-order valence-electron chi connectivity index (χ4n) is 4.46. The van der Waals surface area contributed by atoms with Gasteiger partial charge in [0, 0.05) is 12.1 Å². The Bertz CT molecular complexity index is 1310. The molecule has 5 rings (SSSR count). The van der Waals surface area contributed by atoms with Crippen molar-refractivity contribution in [3.63, 3.8) is 0 Å². The Balaban J connectivity index is 1.33. The first-order valence-electron chi connectivity index (χ1n) is 11.6. The first-order valence-corrected chi connectivity index (χ1v) is 11.6. The van der Waals surface area contributed by atoms with Crippen LogP contribution in [0.15, 0.2) is 103 Å². The van der Waals surface area contributed by atoms with E-state index in [-0.39, 0.29) is 23.8 Å². The third-order valence-corrected chi connectivity index (χ3v) is 6.33. The number of benzene rings is 2. The summed E-state index contributed by atoms with van der Waals surface area (Å²) in [5.74, 6) is 0.376. The molecule has 0 amide bonds. The molecule has 0 saturated heterocycles. The van der Waals surface area contributed by atoms with E-state index in [1.54, 1.807) is 16.8 Å². The van der Waals surface area contributed by atoms with E-state index >= 15 is 0 Å². The summed E-state index contributed by atoms with van der Waals surface area (Å²) in [5.41, 5.74) is 2.76. The van der Waals surface area contributed by atoms with Gasteiger partial charge in [-0.1, -0.05) is 67.2 Å². The molecule has 1 aliphatic rings. The largest absolute Gasteiger partial charge is 0.376 e. The molecule has 1 saturated carbocycles. The van der Waals surface area contributed by atoms with Crippen LogP contribution in [0.3, 0.4) is 0 Å². The molecule has 0 radical (unpaired) electrons. The minimum atomic E-state index is -0.364. The molecule has 1 fully saturated rings. The van der Waals surface area contributed by atoms with Crippen molar-refractivity contribution in [2.45, 2.75) is 31.8 Å². The zero-order valence-electron chi connectivity index (χ0n) is 19.3. The molecule has 8 nitrogen and oxygen atoms in total. The minimum absolute atomic E-state index is 0.0469. The average Bonchev–Trinajstić information content (AvgIpc) is 3.53. The maximum absolute atomic E-state index is 12.9. The predicted octanol–water partition coefficient (Wildman–Crippen LogP) is 3.74. The molecule has 0 bridgehead atoms. The molecule has 0 aliphatic heterocycles. The van der Waals surface area contributed by atoms with Gasteiger partial charge < -0.3 is 9.47 Å². The van der Waals surface area contributed by atoms with Crippen LogP contribution in [0.25, 0.3) is 5.82 Å². The fourth-order valence-corrected chi connectivity index (χ4v) is 4.46. The molecule has 178 valence electrons. The topological polar surface area (TPSA) is 84.1 Å². The van der Waals surface area contributed by atoms with Gasteiger partial charge in [0.2, 0.25) is 0 Å². The summed E-state index contributed by atoms with van der Waals surface area (Å²) in [6.45, 7) is 5.82. The van der Waals surface area contributed by atoms with Gasteiger partial charge in [0.15, 0.2) is 5.82 Å². The van der Waals surface area contributed by atoms with E-state index in [9.17, 15) is 4.79 Å². The highest BCUT2D eigenvalue weighted by molar-refractivity contribution is 5.22. The van der Waals surface area contributed by atoms with Crippen LogP contribution in [0.2, 0.25) is 0 Å². The van der Waals surface area contributed by atoms with E-state index in [0.717, 1.165) is 16.7 Å². The van der Waals surface area contributed by atoms with Gasteiger partial charge in [-0.05, 0) is 29.2 Å². The number of hydrogen-bond acceptors (Lipinski definition) is 6. The van der Waals surface area contributed by atoms with Crippen molar-refractivity contribution in [2.24, 2.45) is 5.92 Å². The number of rotatable bonds is 9. The lowest BCUT2D eigenvalue weighted by Crippen LogP contribution is -2.27. The summed E-state index contributed by atoms with van der Waals surface area (Å²) in [4.78, 5) is 21.0. The number of nitrogens with zero attached hydrogens (tertiary/aromatic N) is 5. The van der Waals surface area contributed by atoms with E-state index < -0.39 is 0 Å². The van der Waals surface area contributed by atoms with Crippen LogP contribution >= 0.6 is 0 Å². The van der Waals surface area contributed by atoms with Crippen molar-refractivity contribution in [2.75, 3.05) is 6.61 Å². The summed E-state index contributed by atoms with van der Waals surface area (Å²) in [6, 6.07) is 21.6. The summed E-state index contributed by atoms with van der Waals surface area (Å²) >= 11 is 0. The van der Waals surface area contributed by atoms with Crippen LogP contribution in [0.5, 0.6) is 0 Å². The van der Waals surface area contributed by atoms with Crippen LogP contribution in [-0.2, 0) is 22.7 Å². The van der Waals surface area contributed by atoms with Crippen molar-refractivity contribution in [3.8, 4) is 5.82 Å². The zero-order chi connectivity index (χ0) is 24.0. The zero-order valence-corrected chi connectivity index (χ0v) is 19.3. The molecule has 0 spiro atoms. The Kier molecular flexibility index (Phi) is 6.92. The third kappa shape index (κ3) is 5.29. The molecular formula is C27H27N5O3. The van der Waals surface area contributed by atoms with Crippen molar-refractivity contribution < 1.29 is 9.47 Å². The normalized spacial score (nSPS) is 19.8. The highest BCUT2D eigenvalue weighted by Gasteiger charge is 2.40. The van der Waals surface area contributed by atoms with Crippen LogP contribution < -0.4 is 5.69 Å². The van der Waals surface area contributed by atoms with E-state index in [2.05, 4.69) is 21.6 Å². The van der Waals surface area contributed by atoms with Gasteiger partial charge in [-0.25, -0.2) is 14.5 Å². The van der Waals surface area contributed by atoms with Gasteiger partial charge in [-0.15, -0.1) is 0 Å². The van der Waals surface area contributed by atoms with Crippen LogP contribution in [-0.4, -0.2) is 37.0 Å². The molecule has 4 aromatic rings. The molecular weight excluding hydrogens is 442 g/mol. The second-order valence-electron chi connectivity index (χ2n) is 8.58. The number of aromatic nitrogens is 5. The van der Waals surface area contributed by atoms with Crippen molar-refractivity contribution in [3.05, 3.63) is 119 Å². The average molecular weight is 470 g/mol. The van der Waals surface area contributed by atoms with Gasteiger partial charge in [-0.3, -0.25) is 4.57 Å². The Morgan fingerprint density at radius 3 is 2.34 bits per heavy atom. The second kappa shape index (κ2) is 10.6. The van der Waals surface area contributed by atoms with Crippen molar-refractivity contribution in [1.82, 2.24) is 24.3 Å². The number of ether oxygens (including phenoxy) is 2. The van der Waals surface area contributed by atoms with Gasteiger partial charge in [0.1, 0.15) is 12.7 Å². The summed E-state index contributed by atoms with van der Waals surface area (Å²) in [7, 11) is 0.